The van der Waals surface area contributed by atoms with Crippen LogP contribution in [0.5, 0.6) is 5.75 Å². The van der Waals surface area contributed by atoms with E-state index >= 15 is 0 Å². The molecule has 0 fully saturated rings. The Balaban J connectivity index is 2.43. The number of ether oxygens (including phenoxy) is 1. The minimum atomic E-state index is -0.831. The minimum Gasteiger partial charge on any atom is -0.483 e. The molecular formula is C8H5NO3. The van der Waals surface area contributed by atoms with Crippen molar-refractivity contribution in [2.75, 3.05) is 6.61 Å². The second kappa shape index (κ2) is 4.09. The van der Waals surface area contributed by atoms with Crippen molar-refractivity contribution in [3.05, 3.63) is 35.2 Å². The van der Waals surface area contributed by atoms with Gasteiger partial charge in [0.25, 0.3) is 0 Å². The maximum Gasteiger partial charge on any atom is 0.323 e. The van der Waals surface area contributed by atoms with Gasteiger partial charge < -0.3 is 4.74 Å². The van der Waals surface area contributed by atoms with E-state index in [1.165, 1.54) is 6.07 Å². The second-order valence-corrected chi connectivity index (χ2v) is 1.94. The van der Waals surface area contributed by atoms with Crippen molar-refractivity contribution in [2.24, 2.45) is 5.18 Å². The maximum atomic E-state index is 10.4. The van der Waals surface area contributed by atoms with Crippen LogP contribution in [0.1, 0.15) is 0 Å². The van der Waals surface area contributed by atoms with E-state index in [4.69, 9.17) is 4.74 Å². The lowest BCUT2D eigenvalue weighted by Crippen LogP contribution is -2.07. The zero-order valence-electron chi connectivity index (χ0n) is 6.11. The van der Waals surface area contributed by atoms with Gasteiger partial charge >= 0.3 is 5.91 Å². The molecule has 4 nitrogen and oxygen atoms in total. The van der Waals surface area contributed by atoms with Crippen molar-refractivity contribution < 1.29 is 9.53 Å². The molecule has 1 rings (SSSR count). The minimum absolute atomic E-state index is 0.332. The highest BCUT2D eigenvalue weighted by Gasteiger charge is 2.00. The van der Waals surface area contributed by atoms with Gasteiger partial charge in [0.05, 0.1) is 0 Å². The first-order chi connectivity index (χ1) is 5.83. The molecular weight excluding hydrogens is 158 g/mol. The van der Waals surface area contributed by atoms with Crippen molar-refractivity contribution in [1.29, 1.82) is 0 Å². The first-order valence-corrected chi connectivity index (χ1v) is 3.19. The molecule has 1 aromatic rings. The van der Waals surface area contributed by atoms with Crippen molar-refractivity contribution in [1.82, 2.24) is 0 Å². The molecule has 12 heavy (non-hydrogen) atoms. The fraction of sp³-hybridized carbons (Fsp3) is 0.125. The van der Waals surface area contributed by atoms with E-state index in [1.807, 2.05) is 0 Å². The van der Waals surface area contributed by atoms with Crippen LogP contribution in [0.15, 0.2) is 23.4 Å². The SMILES string of the molecule is O=NC(=O)COc1cc#ccc1. The van der Waals surface area contributed by atoms with Gasteiger partial charge in [-0.15, -0.1) is 4.91 Å². The average molecular weight is 163 g/mol. The molecule has 0 aliphatic rings. The smallest absolute Gasteiger partial charge is 0.323 e. The molecule has 0 unspecified atom stereocenters. The lowest BCUT2D eigenvalue weighted by atomic mass is 10.4. The van der Waals surface area contributed by atoms with E-state index in [0.29, 0.717) is 5.75 Å². The molecule has 1 amide bonds. The average Bonchev–Trinajstić information content (AvgIpc) is 2.16. The third-order valence-corrected chi connectivity index (χ3v) is 1.09. The van der Waals surface area contributed by atoms with E-state index < -0.39 is 5.91 Å². The molecule has 0 spiro atoms. The standard InChI is InChI=1S/C8H5NO3/c10-8(9-11)6-12-7-4-2-1-3-5-7/h2,4-5H,6H2. The zero-order chi connectivity index (χ0) is 8.81. The van der Waals surface area contributed by atoms with Crippen molar-refractivity contribution in [3.8, 4) is 5.75 Å². The Labute approximate surface area is 69.1 Å². The van der Waals surface area contributed by atoms with E-state index in [-0.39, 0.29) is 6.61 Å². The molecule has 0 bridgehead atoms. The maximum absolute atomic E-state index is 10.4. The molecule has 0 saturated heterocycles. The number of carbonyl (C=O) groups is 1. The number of hydrogen-bond donors (Lipinski definition) is 0. The van der Waals surface area contributed by atoms with Crippen LogP contribution in [0.2, 0.25) is 0 Å². The summed E-state index contributed by atoms with van der Waals surface area (Å²) in [5.74, 6) is -0.367. The van der Waals surface area contributed by atoms with Crippen LogP contribution in [0, 0.1) is 17.0 Å². The van der Waals surface area contributed by atoms with E-state index in [0.717, 1.165) is 0 Å². The van der Waals surface area contributed by atoms with Crippen LogP contribution in [0.25, 0.3) is 0 Å². The molecule has 0 aliphatic carbocycles. The van der Waals surface area contributed by atoms with Gasteiger partial charge in [0.2, 0.25) is 0 Å². The molecule has 0 aliphatic heterocycles. The highest BCUT2D eigenvalue weighted by molar-refractivity contribution is 5.78. The van der Waals surface area contributed by atoms with Crippen LogP contribution in [0.4, 0.5) is 0 Å². The fourth-order valence-electron chi connectivity index (χ4n) is 0.594. The molecule has 0 heterocycles. The topological polar surface area (TPSA) is 55.7 Å². The lowest BCUT2D eigenvalue weighted by Gasteiger charge is -1.98. The van der Waals surface area contributed by atoms with Gasteiger partial charge in [-0.25, -0.2) is 0 Å². The number of carbonyl (C=O) groups excluding carboxylic acids is 1. The molecule has 1 aromatic carbocycles. The summed E-state index contributed by atoms with van der Waals surface area (Å²) in [6.45, 7) is -0.332. The molecule has 0 N–H and O–H groups in total. The molecule has 4 heteroatoms. The molecule has 60 valence electrons. The summed E-state index contributed by atoms with van der Waals surface area (Å²) in [7, 11) is 0. The first kappa shape index (κ1) is 8.21. The zero-order valence-corrected chi connectivity index (χ0v) is 6.11. The molecule has 0 radical (unpaired) electrons. The Kier molecular flexibility index (Phi) is 2.79. The predicted octanol–water partition coefficient (Wildman–Crippen LogP) is 0.959. The van der Waals surface area contributed by atoms with Gasteiger partial charge in [-0.3, -0.25) is 4.79 Å². The number of nitroso groups, excluding NO2 is 1. The second-order valence-electron chi connectivity index (χ2n) is 1.94. The van der Waals surface area contributed by atoms with Crippen molar-refractivity contribution in [2.45, 2.75) is 0 Å². The van der Waals surface area contributed by atoms with Crippen LogP contribution >= 0.6 is 0 Å². The van der Waals surface area contributed by atoms with Gasteiger partial charge in [-0.2, -0.15) is 0 Å². The highest BCUT2D eigenvalue weighted by Crippen LogP contribution is 2.04. The van der Waals surface area contributed by atoms with Crippen LogP contribution < -0.4 is 4.74 Å². The third kappa shape index (κ3) is 2.39. The van der Waals surface area contributed by atoms with E-state index in [1.54, 1.807) is 12.1 Å². The molecule has 0 atom stereocenters. The van der Waals surface area contributed by atoms with E-state index in [9.17, 15) is 9.70 Å². The number of rotatable bonds is 3. The molecule has 0 aromatic heterocycles. The Bertz CT molecular complexity index is 271. The summed E-state index contributed by atoms with van der Waals surface area (Å²) in [6, 6.07) is 10.0. The molecule has 0 saturated carbocycles. The van der Waals surface area contributed by atoms with Crippen LogP contribution in [0.3, 0.4) is 0 Å². The third-order valence-electron chi connectivity index (χ3n) is 1.09. The summed E-state index contributed by atoms with van der Waals surface area (Å²) in [5, 5.41) is 2.17. The summed E-state index contributed by atoms with van der Waals surface area (Å²) >= 11 is 0. The van der Waals surface area contributed by atoms with Gasteiger partial charge in [0.15, 0.2) is 6.61 Å². The van der Waals surface area contributed by atoms with Gasteiger partial charge in [-0.1, -0.05) is 12.1 Å². The van der Waals surface area contributed by atoms with Gasteiger partial charge in [-0.05, 0) is 12.1 Å². The number of amides is 1. The van der Waals surface area contributed by atoms with Crippen LogP contribution in [-0.2, 0) is 4.79 Å². The van der Waals surface area contributed by atoms with Crippen molar-refractivity contribution >= 4 is 5.91 Å². The quantitative estimate of drug-likeness (QED) is 0.623. The Morgan fingerprint density at radius 1 is 1.58 bits per heavy atom. The van der Waals surface area contributed by atoms with Gasteiger partial charge in [0, 0.05) is 11.2 Å². The fourth-order valence-corrected chi connectivity index (χ4v) is 0.594. The van der Waals surface area contributed by atoms with Gasteiger partial charge in [0.1, 0.15) is 5.75 Å². The summed E-state index contributed by atoms with van der Waals surface area (Å²) in [5.41, 5.74) is 0. The first-order valence-electron chi connectivity index (χ1n) is 3.19. The Morgan fingerprint density at radius 3 is 3.00 bits per heavy atom. The van der Waals surface area contributed by atoms with Crippen molar-refractivity contribution in [3.63, 3.8) is 0 Å². The Hall–Kier alpha value is -1.89. The largest absolute Gasteiger partial charge is 0.483 e. The Morgan fingerprint density at radius 2 is 2.42 bits per heavy atom. The summed E-state index contributed by atoms with van der Waals surface area (Å²) in [4.78, 5) is 20.0. The monoisotopic (exact) mass is 163 g/mol. The summed E-state index contributed by atoms with van der Waals surface area (Å²) in [6.07, 6.45) is 0. The lowest BCUT2D eigenvalue weighted by molar-refractivity contribution is -0.119. The predicted molar refractivity (Wildman–Crippen MR) is 40.4 cm³/mol. The van der Waals surface area contributed by atoms with E-state index in [2.05, 4.69) is 17.3 Å². The number of nitrogens with zero attached hydrogens (tertiary/aromatic N) is 1. The van der Waals surface area contributed by atoms with Crippen LogP contribution in [-0.4, -0.2) is 12.5 Å². The number of hydrogen-bond acceptors (Lipinski definition) is 3. The highest BCUT2D eigenvalue weighted by atomic mass is 16.5. The summed E-state index contributed by atoms with van der Waals surface area (Å²) < 4.78 is 4.86. The normalized spacial score (nSPS) is 8.33.